The Hall–Kier alpha value is -3.05. The highest BCUT2D eigenvalue weighted by Crippen LogP contribution is 2.22. The Morgan fingerprint density at radius 3 is 2.25 bits per heavy atom. The molecule has 0 radical (unpaired) electrons. The minimum atomic E-state index is -3.87. The number of nitrogens with two attached hydrogens (primary N) is 1. The number of rotatable bonds is 7. The topological polar surface area (TPSA) is 125 Å². The highest BCUT2D eigenvalue weighted by Gasteiger charge is 2.22. The summed E-state index contributed by atoms with van der Waals surface area (Å²) in [4.78, 5) is 24.2. The molecule has 2 rings (SSSR count). The van der Waals surface area contributed by atoms with Gasteiger partial charge in [0.05, 0.1) is 4.90 Å². The summed E-state index contributed by atoms with van der Waals surface area (Å²) >= 11 is 0. The van der Waals surface area contributed by atoms with Crippen LogP contribution >= 0.6 is 0 Å². The summed E-state index contributed by atoms with van der Waals surface area (Å²) in [5.74, 6) is -2.12. The van der Waals surface area contributed by atoms with Crippen LogP contribution in [0.15, 0.2) is 53.4 Å². The first-order valence-corrected chi connectivity index (χ1v) is 9.31. The molecule has 3 N–H and O–H groups in total. The van der Waals surface area contributed by atoms with E-state index in [1.807, 2.05) is 0 Å². The molecule has 0 fully saturated rings. The lowest BCUT2D eigenvalue weighted by Crippen LogP contribution is -2.30. The Kier molecular flexibility index (Phi) is 6.65. The molecule has 1 amide bonds. The monoisotopic (exact) mass is 414 g/mol. The maximum absolute atomic E-state index is 12.4. The fraction of sp³-hybridized carbons (Fsp3) is 0.176. The van der Waals surface area contributed by atoms with Gasteiger partial charge >= 0.3 is 12.6 Å². The third-order valence-electron chi connectivity index (χ3n) is 3.43. The zero-order valence-electron chi connectivity index (χ0n) is 14.5. The van der Waals surface area contributed by atoms with Gasteiger partial charge in [0.1, 0.15) is 11.3 Å². The van der Waals surface area contributed by atoms with E-state index in [0.29, 0.717) is 0 Å². The van der Waals surface area contributed by atoms with Crippen molar-refractivity contribution in [2.24, 2.45) is 5.14 Å². The van der Waals surface area contributed by atoms with Crippen molar-refractivity contribution in [3.63, 3.8) is 0 Å². The molecule has 1 atom stereocenters. The molecular weight excluding hydrogens is 398 g/mol. The number of primary sulfonamides is 1. The number of anilines is 1. The number of hydrogen-bond donors (Lipinski definition) is 2. The molecule has 0 saturated carbocycles. The number of nitrogens with one attached hydrogen (secondary N) is 1. The lowest BCUT2D eigenvalue weighted by Gasteiger charge is -2.15. The van der Waals surface area contributed by atoms with Crippen molar-refractivity contribution in [2.75, 3.05) is 5.32 Å². The number of benzene rings is 2. The lowest BCUT2D eigenvalue weighted by molar-refractivity contribution is -0.123. The molecule has 0 spiro atoms. The number of ether oxygens (including phenoxy) is 2. The van der Waals surface area contributed by atoms with E-state index in [4.69, 9.17) is 9.88 Å². The van der Waals surface area contributed by atoms with Gasteiger partial charge in [-0.3, -0.25) is 4.79 Å². The van der Waals surface area contributed by atoms with E-state index >= 15 is 0 Å². The summed E-state index contributed by atoms with van der Waals surface area (Å²) in [6.45, 7) is -1.85. The maximum atomic E-state index is 12.4. The van der Waals surface area contributed by atoms with Crippen LogP contribution in [0.2, 0.25) is 0 Å². The Bertz CT molecular complexity index is 964. The largest absolute Gasteiger partial charge is 0.449 e. The smallest absolute Gasteiger partial charge is 0.387 e. The zero-order chi connectivity index (χ0) is 20.9. The Morgan fingerprint density at radius 1 is 1.07 bits per heavy atom. The molecule has 0 aromatic heterocycles. The van der Waals surface area contributed by atoms with Crippen molar-refractivity contribution in [1.29, 1.82) is 0 Å². The second kappa shape index (κ2) is 8.76. The van der Waals surface area contributed by atoms with Crippen molar-refractivity contribution in [3.8, 4) is 5.75 Å². The Morgan fingerprint density at radius 2 is 1.68 bits per heavy atom. The van der Waals surface area contributed by atoms with Gasteiger partial charge < -0.3 is 14.8 Å². The fourth-order valence-corrected chi connectivity index (χ4v) is 2.60. The van der Waals surface area contributed by atoms with Crippen LogP contribution in [-0.4, -0.2) is 33.0 Å². The van der Waals surface area contributed by atoms with Crippen LogP contribution in [0.4, 0.5) is 14.5 Å². The van der Waals surface area contributed by atoms with Gasteiger partial charge in [0, 0.05) is 5.69 Å². The van der Waals surface area contributed by atoms with E-state index in [1.54, 1.807) is 0 Å². The Balaban J connectivity index is 2.03. The Labute approximate surface area is 159 Å². The van der Waals surface area contributed by atoms with E-state index in [-0.39, 0.29) is 21.9 Å². The van der Waals surface area contributed by atoms with Gasteiger partial charge in [-0.2, -0.15) is 8.78 Å². The number of amides is 1. The molecule has 0 saturated heterocycles. The second-order valence-electron chi connectivity index (χ2n) is 5.48. The molecular formula is C17H16F2N2O6S. The third kappa shape index (κ3) is 5.72. The van der Waals surface area contributed by atoms with E-state index in [0.717, 1.165) is 0 Å². The number of sulfonamides is 1. The number of alkyl halides is 2. The quantitative estimate of drug-likeness (QED) is 0.669. The van der Waals surface area contributed by atoms with Crippen molar-refractivity contribution in [2.45, 2.75) is 24.5 Å². The second-order valence-corrected chi connectivity index (χ2v) is 7.04. The highest BCUT2D eigenvalue weighted by molar-refractivity contribution is 7.89. The molecule has 0 aliphatic carbocycles. The SMILES string of the molecule is C[C@@H](OC(=O)c1ccccc1OC(F)F)C(=O)Nc1ccc(S(N)(=O)=O)cc1. The lowest BCUT2D eigenvalue weighted by atomic mass is 10.2. The van der Waals surface area contributed by atoms with Crippen LogP contribution in [-0.2, 0) is 19.6 Å². The summed E-state index contributed by atoms with van der Waals surface area (Å²) in [5.41, 5.74) is -0.0262. The van der Waals surface area contributed by atoms with Crippen LogP contribution in [0.25, 0.3) is 0 Å². The molecule has 0 unspecified atom stereocenters. The standard InChI is InChI=1S/C17H16F2N2O6S/c1-10(15(22)21-11-6-8-12(9-7-11)28(20,24)25)26-16(23)13-4-2-3-5-14(13)27-17(18)19/h2-10,17H,1H3,(H,21,22)(H2,20,24,25)/t10-/m1/s1. The van der Waals surface area contributed by atoms with Gasteiger partial charge in [-0.05, 0) is 43.3 Å². The molecule has 0 heterocycles. The van der Waals surface area contributed by atoms with Crippen LogP contribution < -0.4 is 15.2 Å². The molecule has 8 nitrogen and oxygen atoms in total. The summed E-state index contributed by atoms with van der Waals surface area (Å²) in [5, 5.41) is 7.40. The predicted molar refractivity (Wildman–Crippen MR) is 94.4 cm³/mol. The third-order valence-corrected chi connectivity index (χ3v) is 4.36. The molecule has 0 bridgehead atoms. The molecule has 2 aromatic carbocycles. The van der Waals surface area contributed by atoms with Gasteiger partial charge in [0.2, 0.25) is 10.0 Å². The minimum Gasteiger partial charge on any atom is -0.449 e. The van der Waals surface area contributed by atoms with E-state index in [1.165, 1.54) is 55.5 Å². The maximum Gasteiger partial charge on any atom is 0.387 e. The van der Waals surface area contributed by atoms with Crippen molar-refractivity contribution >= 4 is 27.6 Å². The summed E-state index contributed by atoms with van der Waals surface area (Å²) in [6, 6.07) is 10.2. The van der Waals surface area contributed by atoms with Crippen LogP contribution in [0, 0.1) is 0 Å². The fourth-order valence-electron chi connectivity index (χ4n) is 2.08. The van der Waals surface area contributed by atoms with Crippen molar-refractivity contribution in [3.05, 3.63) is 54.1 Å². The van der Waals surface area contributed by atoms with E-state index < -0.39 is 34.6 Å². The molecule has 11 heteroatoms. The van der Waals surface area contributed by atoms with Gasteiger partial charge in [-0.15, -0.1) is 0 Å². The first kappa shape index (κ1) is 21.3. The van der Waals surface area contributed by atoms with Crippen LogP contribution in [0.1, 0.15) is 17.3 Å². The normalized spacial score (nSPS) is 12.3. The van der Waals surface area contributed by atoms with E-state index in [2.05, 4.69) is 10.1 Å². The number of carbonyl (C=O) groups excluding carboxylic acids is 2. The number of carbonyl (C=O) groups is 2. The molecule has 28 heavy (non-hydrogen) atoms. The number of para-hydroxylation sites is 1. The van der Waals surface area contributed by atoms with Crippen molar-refractivity contribution in [1.82, 2.24) is 0 Å². The average molecular weight is 414 g/mol. The number of esters is 1. The first-order chi connectivity index (χ1) is 13.1. The van der Waals surface area contributed by atoms with Crippen LogP contribution in [0.5, 0.6) is 5.75 Å². The van der Waals surface area contributed by atoms with Gasteiger partial charge in [-0.1, -0.05) is 12.1 Å². The summed E-state index contributed by atoms with van der Waals surface area (Å²) < 4.78 is 56.5. The average Bonchev–Trinajstić information content (AvgIpc) is 2.61. The summed E-state index contributed by atoms with van der Waals surface area (Å²) in [6.07, 6.45) is -1.27. The predicted octanol–water partition coefficient (Wildman–Crippen LogP) is 2.12. The van der Waals surface area contributed by atoms with Gasteiger partial charge in [0.15, 0.2) is 6.10 Å². The number of halogens is 2. The first-order valence-electron chi connectivity index (χ1n) is 7.76. The van der Waals surface area contributed by atoms with Crippen LogP contribution in [0.3, 0.4) is 0 Å². The van der Waals surface area contributed by atoms with E-state index in [9.17, 15) is 26.8 Å². The highest BCUT2D eigenvalue weighted by atomic mass is 32.2. The molecule has 0 aliphatic heterocycles. The molecule has 150 valence electrons. The minimum absolute atomic E-state index is 0.138. The zero-order valence-corrected chi connectivity index (χ0v) is 15.3. The molecule has 0 aliphatic rings. The molecule has 2 aromatic rings. The summed E-state index contributed by atoms with van der Waals surface area (Å²) in [7, 11) is -3.87. The van der Waals surface area contributed by atoms with Gasteiger partial charge in [0.25, 0.3) is 5.91 Å². The number of hydrogen-bond acceptors (Lipinski definition) is 6. The van der Waals surface area contributed by atoms with Crippen molar-refractivity contribution < 1.29 is 36.3 Å². The van der Waals surface area contributed by atoms with Gasteiger partial charge in [-0.25, -0.2) is 18.4 Å².